The van der Waals surface area contributed by atoms with Crippen molar-refractivity contribution in [1.29, 1.82) is 0 Å². The molecule has 3 aromatic rings. The second-order valence-electron chi connectivity index (χ2n) is 4.17. The van der Waals surface area contributed by atoms with E-state index in [0.29, 0.717) is 12.0 Å². The first-order valence-corrected chi connectivity index (χ1v) is 5.68. The van der Waals surface area contributed by atoms with Crippen molar-refractivity contribution in [3.8, 4) is 0 Å². The van der Waals surface area contributed by atoms with Gasteiger partial charge in [0.05, 0.1) is 29.4 Å². The molecule has 3 aromatic heterocycles. The quantitative estimate of drug-likeness (QED) is 0.652. The molecule has 0 saturated carbocycles. The van der Waals surface area contributed by atoms with Crippen molar-refractivity contribution >= 4 is 11.3 Å². The summed E-state index contributed by atoms with van der Waals surface area (Å²) in [5.74, 6) is 0.0369. The fourth-order valence-corrected chi connectivity index (χ4v) is 1.97. The van der Waals surface area contributed by atoms with Gasteiger partial charge in [-0.15, -0.1) is 0 Å². The van der Waals surface area contributed by atoms with E-state index in [0.717, 1.165) is 11.2 Å². The largest absolute Gasteiger partial charge is 0.294 e. The summed E-state index contributed by atoms with van der Waals surface area (Å²) in [6.45, 7) is 0. The van der Waals surface area contributed by atoms with E-state index in [1.807, 2.05) is 43.7 Å². The predicted octanol–water partition coefficient (Wildman–Crippen LogP) is 1.49. The van der Waals surface area contributed by atoms with Gasteiger partial charge in [0.15, 0.2) is 5.78 Å². The zero-order valence-corrected chi connectivity index (χ0v) is 9.95. The third-order valence-electron chi connectivity index (χ3n) is 2.84. The highest BCUT2D eigenvalue weighted by molar-refractivity contribution is 6.03. The Bertz CT molecular complexity index is 710. The van der Waals surface area contributed by atoms with E-state index in [9.17, 15) is 4.79 Å². The molecule has 0 radical (unpaired) electrons. The molecule has 0 N–H and O–H groups in total. The Morgan fingerprint density at radius 3 is 2.94 bits per heavy atom. The Labute approximate surface area is 104 Å². The first-order valence-electron chi connectivity index (χ1n) is 5.68. The normalized spacial score (nSPS) is 10.9. The lowest BCUT2D eigenvalue weighted by molar-refractivity contribution is 0.0993. The Hall–Kier alpha value is -2.43. The molecule has 0 bridgehead atoms. The zero-order chi connectivity index (χ0) is 12.5. The second-order valence-corrected chi connectivity index (χ2v) is 4.17. The number of ketones is 1. The minimum Gasteiger partial charge on any atom is -0.294 e. The molecule has 5 heteroatoms. The molecule has 0 aliphatic heterocycles. The van der Waals surface area contributed by atoms with Gasteiger partial charge in [-0.1, -0.05) is 6.07 Å². The summed E-state index contributed by atoms with van der Waals surface area (Å²) in [4.78, 5) is 12.2. The highest BCUT2D eigenvalue weighted by atomic mass is 16.1. The molecule has 3 rings (SSSR count). The summed E-state index contributed by atoms with van der Waals surface area (Å²) >= 11 is 0. The third kappa shape index (κ3) is 1.79. The minimum absolute atomic E-state index is 0.0369. The van der Waals surface area contributed by atoms with Crippen LogP contribution < -0.4 is 0 Å². The molecule has 0 atom stereocenters. The molecule has 0 saturated heterocycles. The van der Waals surface area contributed by atoms with Crippen LogP contribution in [0.4, 0.5) is 0 Å². The fourth-order valence-electron chi connectivity index (χ4n) is 1.97. The van der Waals surface area contributed by atoms with Crippen molar-refractivity contribution in [2.75, 3.05) is 0 Å². The van der Waals surface area contributed by atoms with Gasteiger partial charge in [-0.25, -0.2) is 4.52 Å². The highest BCUT2D eigenvalue weighted by Crippen LogP contribution is 2.12. The monoisotopic (exact) mass is 240 g/mol. The van der Waals surface area contributed by atoms with Crippen LogP contribution in [0.3, 0.4) is 0 Å². The second kappa shape index (κ2) is 4.10. The average molecular weight is 240 g/mol. The molecule has 0 fully saturated rings. The highest BCUT2D eigenvalue weighted by Gasteiger charge is 2.13. The Morgan fingerprint density at radius 2 is 2.17 bits per heavy atom. The Morgan fingerprint density at radius 1 is 1.28 bits per heavy atom. The van der Waals surface area contributed by atoms with Gasteiger partial charge in [-0.3, -0.25) is 9.48 Å². The molecule has 0 spiro atoms. The number of pyridine rings is 1. The van der Waals surface area contributed by atoms with Gasteiger partial charge in [0.1, 0.15) is 0 Å². The van der Waals surface area contributed by atoms with Crippen LogP contribution in [0.5, 0.6) is 0 Å². The van der Waals surface area contributed by atoms with Gasteiger partial charge < -0.3 is 0 Å². The molecule has 0 aliphatic carbocycles. The van der Waals surface area contributed by atoms with Gasteiger partial charge in [0.25, 0.3) is 0 Å². The standard InChI is InChI=1S/C13H12N4O/c1-16-7-5-10(15-16)8-13(18)11-9-14-17-6-3-2-4-12(11)17/h2-7,9H,8H2,1H3. The van der Waals surface area contributed by atoms with Crippen LogP contribution in [0, 0.1) is 0 Å². The smallest absolute Gasteiger partial charge is 0.172 e. The van der Waals surface area contributed by atoms with Gasteiger partial charge in [-0.05, 0) is 18.2 Å². The molecule has 5 nitrogen and oxygen atoms in total. The number of aryl methyl sites for hydroxylation is 1. The maximum atomic E-state index is 12.2. The number of carbonyl (C=O) groups excluding carboxylic acids is 1. The van der Waals surface area contributed by atoms with Gasteiger partial charge >= 0.3 is 0 Å². The Balaban J connectivity index is 1.92. The maximum absolute atomic E-state index is 12.2. The topological polar surface area (TPSA) is 52.2 Å². The van der Waals surface area contributed by atoms with Crippen molar-refractivity contribution in [2.24, 2.45) is 7.05 Å². The van der Waals surface area contributed by atoms with Crippen LogP contribution >= 0.6 is 0 Å². The van der Waals surface area contributed by atoms with E-state index in [-0.39, 0.29) is 5.78 Å². The number of hydrogen-bond acceptors (Lipinski definition) is 3. The van der Waals surface area contributed by atoms with Crippen molar-refractivity contribution in [2.45, 2.75) is 6.42 Å². The molecule has 0 aliphatic rings. The Kier molecular flexibility index (Phi) is 2.44. The molecule has 0 amide bonds. The maximum Gasteiger partial charge on any atom is 0.172 e. The van der Waals surface area contributed by atoms with Crippen LogP contribution in [0.2, 0.25) is 0 Å². The number of fused-ring (bicyclic) bond motifs is 1. The molecular formula is C13H12N4O. The molecule has 0 unspecified atom stereocenters. The number of rotatable bonds is 3. The van der Waals surface area contributed by atoms with Gasteiger partial charge in [-0.2, -0.15) is 10.2 Å². The summed E-state index contributed by atoms with van der Waals surface area (Å²) in [5, 5.41) is 8.37. The average Bonchev–Trinajstić information content (AvgIpc) is 2.95. The van der Waals surface area contributed by atoms with E-state index in [1.165, 1.54) is 0 Å². The van der Waals surface area contributed by atoms with Gasteiger partial charge in [0.2, 0.25) is 0 Å². The van der Waals surface area contributed by atoms with Crippen LogP contribution in [-0.2, 0) is 13.5 Å². The molecule has 3 heterocycles. The van der Waals surface area contributed by atoms with Crippen molar-refractivity contribution in [3.05, 3.63) is 54.1 Å². The fraction of sp³-hybridized carbons (Fsp3) is 0.154. The van der Waals surface area contributed by atoms with Crippen LogP contribution in [0.15, 0.2) is 42.9 Å². The van der Waals surface area contributed by atoms with Crippen molar-refractivity contribution in [1.82, 2.24) is 19.4 Å². The first kappa shape index (κ1) is 10.7. The van der Waals surface area contributed by atoms with Crippen LogP contribution in [0.25, 0.3) is 5.52 Å². The predicted molar refractivity (Wildman–Crippen MR) is 66.4 cm³/mol. The van der Waals surface area contributed by atoms with Crippen molar-refractivity contribution in [3.63, 3.8) is 0 Å². The molecule has 90 valence electrons. The minimum atomic E-state index is 0.0369. The number of aromatic nitrogens is 4. The number of nitrogens with zero attached hydrogens (tertiary/aromatic N) is 4. The van der Waals surface area contributed by atoms with Gasteiger partial charge in [0, 0.05) is 19.4 Å². The molecule has 18 heavy (non-hydrogen) atoms. The summed E-state index contributed by atoms with van der Waals surface area (Å²) in [7, 11) is 1.84. The third-order valence-corrected chi connectivity index (χ3v) is 2.84. The van der Waals surface area contributed by atoms with Crippen LogP contribution in [-0.4, -0.2) is 25.2 Å². The number of Topliss-reactive ketones (excluding diaryl/α,β-unsaturated/α-hetero) is 1. The van der Waals surface area contributed by atoms with Crippen molar-refractivity contribution < 1.29 is 4.79 Å². The van der Waals surface area contributed by atoms with E-state index in [2.05, 4.69) is 10.2 Å². The number of hydrogen-bond donors (Lipinski definition) is 0. The van der Waals surface area contributed by atoms with E-state index >= 15 is 0 Å². The summed E-state index contributed by atoms with van der Waals surface area (Å²) in [6, 6.07) is 7.52. The SMILES string of the molecule is Cn1ccc(CC(=O)c2cnn3ccccc23)n1. The van der Waals surface area contributed by atoms with E-state index in [1.54, 1.807) is 15.4 Å². The first-order chi connectivity index (χ1) is 8.74. The summed E-state index contributed by atoms with van der Waals surface area (Å²) in [5.41, 5.74) is 2.25. The summed E-state index contributed by atoms with van der Waals surface area (Å²) in [6.07, 6.45) is 5.57. The molecular weight excluding hydrogens is 228 g/mol. The lowest BCUT2D eigenvalue weighted by Crippen LogP contribution is -2.04. The number of carbonyl (C=O) groups is 1. The van der Waals surface area contributed by atoms with E-state index < -0.39 is 0 Å². The molecule has 0 aromatic carbocycles. The van der Waals surface area contributed by atoms with Crippen LogP contribution in [0.1, 0.15) is 16.1 Å². The zero-order valence-electron chi connectivity index (χ0n) is 9.95. The lowest BCUT2D eigenvalue weighted by atomic mass is 10.1. The summed E-state index contributed by atoms with van der Waals surface area (Å²) < 4.78 is 3.39. The van der Waals surface area contributed by atoms with E-state index in [4.69, 9.17) is 0 Å². The lowest BCUT2D eigenvalue weighted by Gasteiger charge is -1.97.